The van der Waals surface area contributed by atoms with Crippen molar-refractivity contribution in [3.05, 3.63) is 41.5 Å². The van der Waals surface area contributed by atoms with Crippen molar-refractivity contribution in [1.82, 2.24) is 15.0 Å². The average Bonchev–Trinajstić information content (AvgIpc) is 2.76. The minimum Gasteiger partial charge on any atom is -0.387 e. The second kappa shape index (κ2) is 4.77. The van der Waals surface area contributed by atoms with Crippen LogP contribution >= 0.6 is 0 Å². The molecule has 0 bridgehead atoms. The third-order valence-corrected chi connectivity index (χ3v) is 2.45. The zero-order valence-corrected chi connectivity index (χ0v) is 9.44. The summed E-state index contributed by atoms with van der Waals surface area (Å²) >= 11 is 0. The molecule has 0 aliphatic heterocycles. The van der Waals surface area contributed by atoms with Crippen molar-refractivity contribution >= 4 is 0 Å². The molecular weight excluding hydrogens is 247 g/mol. The minimum absolute atomic E-state index is 0.195. The van der Waals surface area contributed by atoms with Crippen LogP contribution in [0.3, 0.4) is 0 Å². The van der Waals surface area contributed by atoms with Crippen molar-refractivity contribution in [2.75, 3.05) is 0 Å². The SMILES string of the molecule is CCC(O)c1cn(-c2c(F)cc(F)cc2F)nn1. The maximum Gasteiger partial charge on any atom is 0.154 e. The van der Waals surface area contributed by atoms with Crippen LogP contribution in [-0.2, 0) is 0 Å². The highest BCUT2D eigenvalue weighted by molar-refractivity contribution is 5.34. The van der Waals surface area contributed by atoms with E-state index in [1.807, 2.05) is 0 Å². The summed E-state index contributed by atoms with van der Waals surface area (Å²) in [5, 5.41) is 16.6. The molecule has 1 aromatic heterocycles. The van der Waals surface area contributed by atoms with Crippen LogP contribution in [0.1, 0.15) is 25.1 Å². The van der Waals surface area contributed by atoms with Crippen LogP contribution in [0.25, 0.3) is 5.69 Å². The molecule has 0 fully saturated rings. The van der Waals surface area contributed by atoms with Gasteiger partial charge in [-0.2, -0.15) is 0 Å². The number of aromatic nitrogens is 3. The van der Waals surface area contributed by atoms with Crippen LogP contribution in [0.2, 0.25) is 0 Å². The monoisotopic (exact) mass is 257 g/mol. The van der Waals surface area contributed by atoms with E-state index in [2.05, 4.69) is 10.3 Å². The molecule has 0 spiro atoms. The van der Waals surface area contributed by atoms with Gasteiger partial charge in [0.15, 0.2) is 11.6 Å². The van der Waals surface area contributed by atoms with Gasteiger partial charge in [0.1, 0.15) is 17.2 Å². The lowest BCUT2D eigenvalue weighted by Gasteiger charge is -2.04. The van der Waals surface area contributed by atoms with Crippen molar-refractivity contribution in [2.24, 2.45) is 0 Å². The highest BCUT2D eigenvalue weighted by atomic mass is 19.1. The summed E-state index contributed by atoms with van der Waals surface area (Å²) in [6, 6.07) is 1.10. The zero-order valence-electron chi connectivity index (χ0n) is 9.44. The molecule has 0 saturated heterocycles. The first-order chi connectivity index (χ1) is 8.52. The van der Waals surface area contributed by atoms with Gasteiger partial charge in [-0.3, -0.25) is 0 Å². The van der Waals surface area contributed by atoms with Crippen LogP contribution in [0.15, 0.2) is 18.3 Å². The molecule has 0 saturated carbocycles. The second-order valence-electron chi connectivity index (χ2n) is 3.73. The Balaban J connectivity index is 2.46. The van der Waals surface area contributed by atoms with Gasteiger partial charge in [-0.15, -0.1) is 5.10 Å². The number of nitrogens with zero attached hydrogens (tertiary/aromatic N) is 3. The van der Waals surface area contributed by atoms with Gasteiger partial charge in [-0.25, -0.2) is 17.9 Å². The molecule has 96 valence electrons. The Bertz CT molecular complexity index is 547. The van der Waals surface area contributed by atoms with Gasteiger partial charge in [0.25, 0.3) is 0 Å². The molecule has 1 unspecified atom stereocenters. The second-order valence-corrected chi connectivity index (χ2v) is 3.73. The van der Waals surface area contributed by atoms with Crippen molar-refractivity contribution in [3.63, 3.8) is 0 Å². The fourth-order valence-corrected chi connectivity index (χ4v) is 1.50. The first-order valence-electron chi connectivity index (χ1n) is 5.28. The predicted octanol–water partition coefficient (Wildman–Crippen LogP) is 2.13. The van der Waals surface area contributed by atoms with Crippen molar-refractivity contribution < 1.29 is 18.3 Å². The van der Waals surface area contributed by atoms with Crippen molar-refractivity contribution in [2.45, 2.75) is 19.4 Å². The number of benzene rings is 1. The topological polar surface area (TPSA) is 50.9 Å². The molecule has 1 aromatic carbocycles. The first-order valence-corrected chi connectivity index (χ1v) is 5.28. The Morgan fingerprint density at radius 2 is 1.89 bits per heavy atom. The molecule has 1 N–H and O–H groups in total. The zero-order chi connectivity index (χ0) is 13.3. The third kappa shape index (κ3) is 2.21. The van der Waals surface area contributed by atoms with Gasteiger partial charge in [0.05, 0.1) is 12.3 Å². The highest BCUT2D eigenvalue weighted by Crippen LogP contribution is 2.20. The normalized spacial score (nSPS) is 12.7. The van der Waals surface area contributed by atoms with E-state index in [-0.39, 0.29) is 5.69 Å². The average molecular weight is 257 g/mol. The summed E-state index contributed by atoms with van der Waals surface area (Å²) in [7, 11) is 0. The van der Waals surface area contributed by atoms with E-state index in [1.165, 1.54) is 6.20 Å². The molecule has 0 aliphatic carbocycles. The Hall–Kier alpha value is -1.89. The van der Waals surface area contributed by atoms with Crippen molar-refractivity contribution in [1.29, 1.82) is 0 Å². The van der Waals surface area contributed by atoms with Crippen LogP contribution in [0.5, 0.6) is 0 Å². The lowest BCUT2D eigenvalue weighted by Crippen LogP contribution is -2.03. The number of aliphatic hydroxyl groups excluding tert-OH is 1. The molecule has 0 amide bonds. The maximum absolute atomic E-state index is 13.5. The van der Waals surface area contributed by atoms with Gasteiger partial charge >= 0.3 is 0 Å². The van der Waals surface area contributed by atoms with E-state index in [9.17, 15) is 18.3 Å². The summed E-state index contributed by atoms with van der Waals surface area (Å²) in [6.45, 7) is 1.72. The van der Waals surface area contributed by atoms with Crippen LogP contribution in [-0.4, -0.2) is 20.1 Å². The number of rotatable bonds is 3. The molecule has 0 aliphatic rings. The summed E-state index contributed by atoms with van der Waals surface area (Å²) < 4.78 is 40.5. The lowest BCUT2D eigenvalue weighted by atomic mass is 10.2. The molecule has 18 heavy (non-hydrogen) atoms. The van der Waals surface area contributed by atoms with Crippen LogP contribution in [0, 0.1) is 17.5 Å². The van der Waals surface area contributed by atoms with Crippen LogP contribution in [0.4, 0.5) is 13.2 Å². The number of halogens is 3. The minimum atomic E-state index is -1.09. The fourth-order valence-electron chi connectivity index (χ4n) is 1.50. The summed E-state index contributed by atoms with van der Waals surface area (Å²) in [5.74, 6) is -3.19. The van der Waals surface area contributed by atoms with Gasteiger partial charge in [-0.1, -0.05) is 12.1 Å². The highest BCUT2D eigenvalue weighted by Gasteiger charge is 2.17. The standard InChI is InChI=1S/C11H10F3N3O/c1-2-10(18)9-5-17(16-15-9)11-7(13)3-6(12)4-8(11)14/h3-5,10,18H,2H2,1H3. The van der Waals surface area contributed by atoms with Crippen molar-refractivity contribution in [3.8, 4) is 5.69 Å². The summed E-state index contributed by atoms with van der Waals surface area (Å²) in [4.78, 5) is 0. The Morgan fingerprint density at radius 1 is 1.28 bits per heavy atom. The molecule has 7 heteroatoms. The lowest BCUT2D eigenvalue weighted by molar-refractivity contribution is 0.169. The van der Waals surface area contributed by atoms with E-state index >= 15 is 0 Å². The smallest absolute Gasteiger partial charge is 0.154 e. The van der Waals surface area contributed by atoms with Gasteiger partial charge in [0.2, 0.25) is 0 Å². The Kier molecular flexibility index (Phi) is 3.33. The largest absolute Gasteiger partial charge is 0.387 e. The molecule has 0 radical (unpaired) electrons. The summed E-state index contributed by atoms with van der Waals surface area (Å²) in [6.07, 6.45) is 0.742. The van der Waals surface area contributed by atoms with E-state index < -0.39 is 29.2 Å². The quantitative estimate of drug-likeness (QED) is 0.916. The fraction of sp³-hybridized carbons (Fsp3) is 0.273. The molecule has 1 heterocycles. The van der Waals surface area contributed by atoms with E-state index in [1.54, 1.807) is 6.92 Å². The Labute approximate surface area is 101 Å². The number of hydrogen-bond donors (Lipinski definition) is 1. The number of aliphatic hydroxyl groups is 1. The van der Waals surface area contributed by atoms with E-state index in [0.29, 0.717) is 18.6 Å². The van der Waals surface area contributed by atoms with E-state index in [4.69, 9.17) is 0 Å². The van der Waals surface area contributed by atoms with Crippen LogP contribution < -0.4 is 0 Å². The summed E-state index contributed by atoms with van der Waals surface area (Å²) in [5.41, 5.74) is -0.334. The van der Waals surface area contributed by atoms with Gasteiger partial charge in [-0.05, 0) is 6.42 Å². The van der Waals surface area contributed by atoms with Gasteiger partial charge < -0.3 is 5.11 Å². The van der Waals surface area contributed by atoms with Gasteiger partial charge in [0, 0.05) is 12.1 Å². The maximum atomic E-state index is 13.5. The predicted molar refractivity (Wildman–Crippen MR) is 56.5 cm³/mol. The molecule has 4 nitrogen and oxygen atoms in total. The Morgan fingerprint density at radius 3 is 2.44 bits per heavy atom. The first kappa shape index (κ1) is 12.6. The molecule has 2 aromatic rings. The molecule has 1 atom stereocenters. The molecule has 2 rings (SSSR count). The third-order valence-electron chi connectivity index (χ3n) is 2.45. The number of hydrogen-bond acceptors (Lipinski definition) is 3. The molecular formula is C11H10F3N3O. The van der Waals surface area contributed by atoms with E-state index in [0.717, 1.165) is 4.68 Å².